The van der Waals surface area contributed by atoms with Crippen LogP contribution >= 0.6 is 21.6 Å². The van der Waals surface area contributed by atoms with Gasteiger partial charge in [0.1, 0.15) is 0 Å². The highest BCUT2D eigenvalue weighted by atomic mass is 33.1. The van der Waals surface area contributed by atoms with Crippen molar-refractivity contribution in [2.24, 2.45) is 0 Å². The van der Waals surface area contributed by atoms with Crippen LogP contribution in [0.2, 0.25) is 0 Å². The van der Waals surface area contributed by atoms with Crippen molar-refractivity contribution >= 4 is 39.2 Å². The van der Waals surface area contributed by atoms with E-state index in [1.54, 1.807) is 24.3 Å². The minimum absolute atomic E-state index is 0.269. The Bertz CT molecular complexity index is 694. The van der Waals surface area contributed by atoms with E-state index in [1.165, 1.54) is 26.5 Å². The average molecular weight is 330 g/mol. The van der Waals surface area contributed by atoms with E-state index in [9.17, 15) is 9.59 Å². The molecule has 2 aromatic rings. The van der Waals surface area contributed by atoms with E-state index >= 15 is 0 Å². The maximum atomic E-state index is 13.0. The monoisotopic (exact) mass is 330 g/mol. The first kappa shape index (κ1) is 15.0. The summed E-state index contributed by atoms with van der Waals surface area (Å²) in [5.74, 6) is -0.269. The zero-order chi connectivity index (χ0) is 15.6. The lowest BCUT2D eigenvalue weighted by molar-refractivity contribution is -0.119. The number of urea groups is 1. The van der Waals surface area contributed by atoms with E-state index in [4.69, 9.17) is 0 Å². The summed E-state index contributed by atoms with van der Waals surface area (Å²) < 4.78 is 0. The summed E-state index contributed by atoms with van der Waals surface area (Å²) >= 11 is 0. The molecule has 22 heavy (non-hydrogen) atoms. The number of nitrogens with zero attached hydrogens (tertiary/aromatic N) is 1. The van der Waals surface area contributed by atoms with Gasteiger partial charge in [-0.2, -0.15) is 0 Å². The van der Waals surface area contributed by atoms with Crippen LogP contribution in [0.1, 0.15) is 5.56 Å². The molecule has 6 heteroatoms. The first-order valence-corrected chi connectivity index (χ1v) is 9.24. The van der Waals surface area contributed by atoms with Crippen LogP contribution in [0, 0.1) is 0 Å². The summed E-state index contributed by atoms with van der Waals surface area (Å²) in [6.45, 7) is 0. The smallest absolute Gasteiger partial charge is 0.310 e. The van der Waals surface area contributed by atoms with Crippen molar-refractivity contribution in [2.45, 2.75) is 4.87 Å². The van der Waals surface area contributed by atoms with Crippen LogP contribution in [0.25, 0.3) is 0 Å². The number of hydrogen-bond donors (Lipinski definition) is 1. The Hall–Kier alpha value is -1.92. The second kappa shape index (κ2) is 6.06. The summed E-state index contributed by atoms with van der Waals surface area (Å²) in [6, 6.07) is 17.9. The molecule has 0 radical (unpaired) electrons. The molecule has 3 rings (SSSR count). The topological polar surface area (TPSA) is 49.4 Å². The Morgan fingerprint density at radius 1 is 0.955 bits per heavy atom. The second-order valence-corrected chi connectivity index (χ2v) is 7.32. The van der Waals surface area contributed by atoms with Gasteiger partial charge in [-0.05, 0) is 24.0 Å². The molecule has 0 aromatic heterocycles. The maximum Gasteiger partial charge on any atom is 0.330 e. The van der Waals surface area contributed by atoms with E-state index in [0.29, 0.717) is 5.69 Å². The van der Waals surface area contributed by atoms with Crippen LogP contribution < -0.4 is 10.2 Å². The molecule has 0 aliphatic carbocycles. The Morgan fingerprint density at radius 2 is 1.55 bits per heavy atom. The largest absolute Gasteiger partial charge is 0.330 e. The first-order valence-electron chi connectivity index (χ1n) is 6.68. The van der Waals surface area contributed by atoms with Crippen LogP contribution in [-0.2, 0) is 9.67 Å². The van der Waals surface area contributed by atoms with Crippen molar-refractivity contribution in [2.75, 3.05) is 11.2 Å². The molecule has 1 unspecified atom stereocenters. The van der Waals surface area contributed by atoms with Gasteiger partial charge in [-0.25, -0.2) is 9.69 Å². The molecule has 1 fully saturated rings. The molecule has 0 bridgehead atoms. The zero-order valence-electron chi connectivity index (χ0n) is 11.9. The minimum atomic E-state index is -1.09. The van der Waals surface area contributed by atoms with Gasteiger partial charge in [-0.15, -0.1) is 0 Å². The third kappa shape index (κ3) is 2.38. The normalized spacial score (nSPS) is 21.0. The Kier molecular flexibility index (Phi) is 4.13. The molecule has 0 saturated carbocycles. The van der Waals surface area contributed by atoms with Crippen molar-refractivity contribution < 1.29 is 9.59 Å². The van der Waals surface area contributed by atoms with Crippen LogP contribution in [0.3, 0.4) is 0 Å². The molecule has 3 amide bonds. The molecule has 1 heterocycles. The fourth-order valence-corrected chi connectivity index (χ4v) is 4.57. The van der Waals surface area contributed by atoms with E-state index in [2.05, 4.69) is 5.32 Å². The van der Waals surface area contributed by atoms with Crippen molar-refractivity contribution in [3.63, 3.8) is 0 Å². The lowest BCUT2D eigenvalue weighted by Gasteiger charge is -2.25. The van der Waals surface area contributed by atoms with Gasteiger partial charge in [0.25, 0.3) is 5.91 Å². The summed E-state index contributed by atoms with van der Waals surface area (Å²) in [6.07, 6.45) is 1.89. The van der Waals surface area contributed by atoms with Gasteiger partial charge in [0.2, 0.25) is 4.87 Å². The summed E-state index contributed by atoms with van der Waals surface area (Å²) in [4.78, 5) is 25.6. The fourth-order valence-electron chi connectivity index (χ4n) is 2.42. The number of carbonyl (C=O) groups excluding carboxylic acids is 2. The first-order chi connectivity index (χ1) is 10.7. The van der Waals surface area contributed by atoms with Crippen LogP contribution in [-0.4, -0.2) is 18.2 Å². The minimum Gasteiger partial charge on any atom is -0.310 e. The molecule has 0 spiro atoms. The predicted octanol–water partition coefficient (Wildman–Crippen LogP) is 3.61. The molecule has 2 aromatic carbocycles. The lowest BCUT2D eigenvalue weighted by atomic mass is 10.1. The highest BCUT2D eigenvalue weighted by Crippen LogP contribution is 2.45. The molecule has 112 valence electrons. The third-order valence-electron chi connectivity index (χ3n) is 3.39. The van der Waals surface area contributed by atoms with Gasteiger partial charge in [-0.1, -0.05) is 70.1 Å². The van der Waals surface area contributed by atoms with Crippen molar-refractivity contribution in [1.82, 2.24) is 5.32 Å². The number of amides is 3. The van der Waals surface area contributed by atoms with Gasteiger partial charge in [0, 0.05) is 0 Å². The van der Waals surface area contributed by atoms with Crippen molar-refractivity contribution in [3.05, 3.63) is 66.2 Å². The van der Waals surface area contributed by atoms with Crippen molar-refractivity contribution in [3.8, 4) is 0 Å². The van der Waals surface area contributed by atoms with E-state index in [1.807, 2.05) is 42.7 Å². The second-order valence-electron chi connectivity index (χ2n) is 4.70. The van der Waals surface area contributed by atoms with E-state index in [0.717, 1.165) is 5.56 Å². The average Bonchev–Trinajstić information content (AvgIpc) is 2.81. The number of benzene rings is 2. The van der Waals surface area contributed by atoms with Gasteiger partial charge >= 0.3 is 6.03 Å². The van der Waals surface area contributed by atoms with Crippen LogP contribution in [0.5, 0.6) is 0 Å². The summed E-state index contributed by atoms with van der Waals surface area (Å²) in [5.41, 5.74) is 1.34. The van der Waals surface area contributed by atoms with Crippen LogP contribution in [0.15, 0.2) is 60.7 Å². The van der Waals surface area contributed by atoms with Gasteiger partial charge in [0.15, 0.2) is 0 Å². The standard InChI is InChI=1S/C16H14N2O2S2/c1-21-22-16(12-8-4-2-5-9-12)14(19)18(15(20)17-16)13-10-6-3-7-11-13/h2-11H,1H3,(H,17,20). The van der Waals surface area contributed by atoms with Crippen molar-refractivity contribution in [1.29, 1.82) is 0 Å². The third-order valence-corrected chi connectivity index (χ3v) is 5.57. The quantitative estimate of drug-likeness (QED) is 0.687. The van der Waals surface area contributed by atoms with Gasteiger partial charge < -0.3 is 5.32 Å². The Labute approximate surface area is 136 Å². The maximum absolute atomic E-state index is 13.0. The highest BCUT2D eigenvalue weighted by molar-refractivity contribution is 8.77. The predicted molar refractivity (Wildman–Crippen MR) is 91.7 cm³/mol. The molecular weight excluding hydrogens is 316 g/mol. The summed E-state index contributed by atoms with van der Waals surface area (Å²) in [7, 11) is 2.79. The molecule has 4 nitrogen and oxygen atoms in total. The fraction of sp³-hybridized carbons (Fsp3) is 0.125. The number of carbonyl (C=O) groups is 2. The highest BCUT2D eigenvalue weighted by Gasteiger charge is 2.53. The number of nitrogens with one attached hydrogen (secondary N) is 1. The molecule has 1 saturated heterocycles. The zero-order valence-corrected chi connectivity index (χ0v) is 13.5. The van der Waals surface area contributed by atoms with Gasteiger partial charge in [0.05, 0.1) is 5.69 Å². The lowest BCUT2D eigenvalue weighted by Crippen LogP contribution is -2.40. The number of imide groups is 1. The molecule has 1 aliphatic rings. The summed E-state index contributed by atoms with van der Waals surface area (Å²) in [5, 5.41) is 2.86. The molecule has 1 N–H and O–H groups in total. The number of para-hydroxylation sites is 1. The Morgan fingerprint density at radius 3 is 2.14 bits per heavy atom. The Balaban J connectivity index is 2.07. The molecule has 1 atom stereocenters. The molecular formula is C16H14N2O2S2. The van der Waals surface area contributed by atoms with E-state index < -0.39 is 10.9 Å². The van der Waals surface area contributed by atoms with Gasteiger partial charge in [-0.3, -0.25) is 4.79 Å². The SMILES string of the molecule is CSSC1(c2ccccc2)NC(=O)N(c2ccccc2)C1=O. The number of rotatable bonds is 4. The molecule has 1 aliphatic heterocycles. The number of hydrogen-bond acceptors (Lipinski definition) is 4. The number of anilines is 1. The van der Waals surface area contributed by atoms with E-state index in [-0.39, 0.29) is 5.91 Å². The van der Waals surface area contributed by atoms with Crippen LogP contribution in [0.4, 0.5) is 10.5 Å².